The van der Waals surface area contributed by atoms with Crippen molar-refractivity contribution in [3.63, 3.8) is 0 Å². The van der Waals surface area contributed by atoms with Gasteiger partial charge in [0.2, 0.25) is 0 Å². The molecule has 1 fully saturated rings. The van der Waals surface area contributed by atoms with E-state index in [1.807, 2.05) is 0 Å². The molecule has 0 spiro atoms. The number of hydrogen-bond donors (Lipinski definition) is 0. The van der Waals surface area contributed by atoms with E-state index in [-0.39, 0.29) is 0 Å². The lowest BCUT2D eigenvalue weighted by atomic mass is 10.0. The third kappa shape index (κ3) is 1.72. The lowest BCUT2D eigenvalue weighted by molar-refractivity contribution is 0.210. The van der Waals surface area contributed by atoms with E-state index in [9.17, 15) is 0 Å². The second-order valence-corrected chi connectivity index (χ2v) is 3.13. The van der Waals surface area contributed by atoms with Crippen LogP contribution in [-0.2, 0) is 4.84 Å². The molecule has 0 radical (unpaired) electrons. The summed E-state index contributed by atoms with van der Waals surface area (Å²) in [6.07, 6.45) is 2.61. The van der Waals surface area contributed by atoms with E-state index in [0.29, 0.717) is 5.92 Å². The van der Waals surface area contributed by atoms with Crippen LogP contribution in [-0.4, -0.2) is 12.8 Å². The number of nitrogens with zero attached hydrogens (tertiary/aromatic N) is 1. The molecule has 0 saturated heterocycles. The molecular weight excluding hydrogens is 126 g/mol. The van der Waals surface area contributed by atoms with E-state index in [1.54, 1.807) is 7.11 Å². The summed E-state index contributed by atoms with van der Waals surface area (Å²) >= 11 is 0. The first-order chi connectivity index (χ1) is 4.75. The third-order valence-electron chi connectivity index (χ3n) is 1.78. The number of oxime groups is 1. The van der Waals surface area contributed by atoms with Crippen LogP contribution in [0.15, 0.2) is 5.16 Å². The first kappa shape index (κ1) is 7.58. The van der Waals surface area contributed by atoms with Gasteiger partial charge >= 0.3 is 0 Å². The SMILES string of the molecule is CON=C(C(C)C)C1CC1. The molecule has 0 amide bonds. The van der Waals surface area contributed by atoms with Crippen molar-refractivity contribution < 1.29 is 4.84 Å². The van der Waals surface area contributed by atoms with E-state index < -0.39 is 0 Å². The quantitative estimate of drug-likeness (QED) is 0.435. The van der Waals surface area contributed by atoms with Gasteiger partial charge in [0, 0.05) is 5.92 Å². The Morgan fingerprint density at radius 3 is 2.40 bits per heavy atom. The summed E-state index contributed by atoms with van der Waals surface area (Å²) in [6.45, 7) is 4.33. The van der Waals surface area contributed by atoms with E-state index in [0.717, 1.165) is 5.92 Å². The minimum absolute atomic E-state index is 0.549. The van der Waals surface area contributed by atoms with Crippen LogP contribution < -0.4 is 0 Å². The van der Waals surface area contributed by atoms with Crippen LogP contribution >= 0.6 is 0 Å². The third-order valence-corrected chi connectivity index (χ3v) is 1.78. The first-order valence-electron chi connectivity index (χ1n) is 3.86. The molecular formula is C8H15NO. The van der Waals surface area contributed by atoms with Crippen molar-refractivity contribution in [1.82, 2.24) is 0 Å². The summed E-state index contributed by atoms with van der Waals surface area (Å²) < 4.78 is 0. The van der Waals surface area contributed by atoms with Gasteiger partial charge < -0.3 is 4.84 Å². The summed E-state index contributed by atoms with van der Waals surface area (Å²) in [5, 5.41) is 4.00. The number of rotatable bonds is 3. The molecule has 1 aliphatic carbocycles. The molecule has 0 aliphatic heterocycles. The molecule has 58 valence electrons. The molecule has 1 aliphatic rings. The van der Waals surface area contributed by atoms with E-state index >= 15 is 0 Å². The van der Waals surface area contributed by atoms with Gasteiger partial charge in [0.1, 0.15) is 7.11 Å². The lowest BCUT2D eigenvalue weighted by Gasteiger charge is -2.05. The van der Waals surface area contributed by atoms with Crippen molar-refractivity contribution in [2.24, 2.45) is 17.0 Å². The molecule has 2 heteroatoms. The van der Waals surface area contributed by atoms with Crippen LogP contribution in [0, 0.1) is 11.8 Å². The van der Waals surface area contributed by atoms with Gasteiger partial charge in [-0.05, 0) is 18.8 Å². The summed E-state index contributed by atoms with van der Waals surface area (Å²) in [7, 11) is 1.62. The molecule has 0 atom stereocenters. The largest absolute Gasteiger partial charge is 0.399 e. The van der Waals surface area contributed by atoms with E-state index in [4.69, 9.17) is 4.84 Å². The second kappa shape index (κ2) is 3.04. The maximum Gasteiger partial charge on any atom is 0.106 e. The summed E-state index contributed by atoms with van der Waals surface area (Å²) in [5.41, 5.74) is 1.24. The first-order valence-corrected chi connectivity index (χ1v) is 3.86. The summed E-state index contributed by atoms with van der Waals surface area (Å²) in [6, 6.07) is 0. The van der Waals surface area contributed by atoms with Crippen molar-refractivity contribution in [3.8, 4) is 0 Å². The zero-order valence-electron chi connectivity index (χ0n) is 6.92. The standard InChI is InChI=1S/C8H15NO/c1-6(2)8(9-10-3)7-4-5-7/h6-7H,4-5H2,1-3H3. The van der Waals surface area contributed by atoms with Crippen LogP contribution in [0.5, 0.6) is 0 Å². The Bertz CT molecular complexity index is 132. The summed E-state index contributed by atoms with van der Waals surface area (Å²) in [4.78, 5) is 4.75. The fourth-order valence-corrected chi connectivity index (χ4v) is 1.14. The lowest BCUT2D eigenvalue weighted by Crippen LogP contribution is -2.09. The smallest absolute Gasteiger partial charge is 0.106 e. The van der Waals surface area contributed by atoms with Crippen molar-refractivity contribution in [2.75, 3.05) is 7.11 Å². The normalized spacial score (nSPS) is 19.8. The zero-order chi connectivity index (χ0) is 7.56. The minimum Gasteiger partial charge on any atom is -0.399 e. The Kier molecular flexibility index (Phi) is 2.30. The highest BCUT2D eigenvalue weighted by atomic mass is 16.6. The Hall–Kier alpha value is -0.530. The highest BCUT2D eigenvalue weighted by Gasteiger charge is 2.29. The monoisotopic (exact) mass is 141 g/mol. The van der Waals surface area contributed by atoms with Crippen LogP contribution in [0.25, 0.3) is 0 Å². The van der Waals surface area contributed by atoms with Crippen LogP contribution in [0.2, 0.25) is 0 Å². The van der Waals surface area contributed by atoms with Crippen LogP contribution in [0.1, 0.15) is 26.7 Å². The molecule has 0 aromatic heterocycles. The second-order valence-electron chi connectivity index (χ2n) is 3.13. The van der Waals surface area contributed by atoms with Crippen molar-refractivity contribution >= 4 is 5.71 Å². The van der Waals surface area contributed by atoms with Crippen molar-refractivity contribution in [2.45, 2.75) is 26.7 Å². The molecule has 0 heterocycles. The average molecular weight is 141 g/mol. The Morgan fingerprint density at radius 1 is 1.50 bits per heavy atom. The van der Waals surface area contributed by atoms with Crippen molar-refractivity contribution in [3.05, 3.63) is 0 Å². The van der Waals surface area contributed by atoms with Crippen LogP contribution in [0.3, 0.4) is 0 Å². The highest BCUT2D eigenvalue weighted by molar-refractivity contribution is 5.89. The van der Waals surface area contributed by atoms with Gasteiger partial charge in [0.25, 0.3) is 0 Å². The maximum absolute atomic E-state index is 4.75. The molecule has 1 saturated carbocycles. The molecule has 1 rings (SSSR count). The fourth-order valence-electron chi connectivity index (χ4n) is 1.14. The van der Waals surface area contributed by atoms with Gasteiger partial charge in [0.05, 0.1) is 5.71 Å². The van der Waals surface area contributed by atoms with Gasteiger partial charge in [0.15, 0.2) is 0 Å². The molecule has 0 aromatic carbocycles. The maximum atomic E-state index is 4.75. The minimum atomic E-state index is 0.549. The average Bonchev–Trinajstić information content (AvgIpc) is 2.63. The molecule has 0 unspecified atom stereocenters. The van der Waals surface area contributed by atoms with Crippen LogP contribution in [0.4, 0.5) is 0 Å². The van der Waals surface area contributed by atoms with Gasteiger partial charge in [-0.3, -0.25) is 0 Å². The molecule has 10 heavy (non-hydrogen) atoms. The Balaban J connectivity index is 2.49. The van der Waals surface area contributed by atoms with Gasteiger partial charge in [-0.1, -0.05) is 19.0 Å². The molecule has 0 aromatic rings. The zero-order valence-corrected chi connectivity index (χ0v) is 6.92. The molecule has 0 N–H and O–H groups in total. The van der Waals surface area contributed by atoms with Gasteiger partial charge in [-0.25, -0.2) is 0 Å². The van der Waals surface area contributed by atoms with E-state index in [1.165, 1.54) is 18.6 Å². The van der Waals surface area contributed by atoms with Crippen molar-refractivity contribution in [1.29, 1.82) is 0 Å². The molecule has 2 nitrogen and oxygen atoms in total. The van der Waals surface area contributed by atoms with Gasteiger partial charge in [-0.15, -0.1) is 0 Å². The molecule has 0 bridgehead atoms. The van der Waals surface area contributed by atoms with E-state index in [2.05, 4.69) is 19.0 Å². The highest BCUT2D eigenvalue weighted by Crippen LogP contribution is 2.33. The number of hydrogen-bond acceptors (Lipinski definition) is 2. The topological polar surface area (TPSA) is 21.6 Å². The Morgan fingerprint density at radius 2 is 2.10 bits per heavy atom. The Labute approximate surface area is 62.3 Å². The van der Waals surface area contributed by atoms with Gasteiger partial charge in [-0.2, -0.15) is 0 Å². The predicted molar refractivity (Wildman–Crippen MR) is 42.0 cm³/mol. The predicted octanol–water partition coefficient (Wildman–Crippen LogP) is 2.05. The summed E-state index contributed by atoms with van der Waals surface area (Å²) in [5.74, 6) is 1.28. The fraction of sp³-hybridized carbons (Fsp3) is 0.875.